The van der Waals surface area contributed by atoms with Crippen LogP contribution in [0.15, 0.2) is 42.5 Å². The van der Waals surface area contributed by atoms with Crippen molar-refractivity contribution < 1.29 is 14.5 Å². The Bertz CT molecular complexity index is 768. The molecule has 7 heteroatoms. The molecule has 0 aromatic heterocycles. The summed E-state index contributed by atoms with van der Waals surface area (Å²) in [5, 5.41) is 10.6. The number of carbonyl (C=O) groups is 2. The van der Waals surface area contributed by atoms with Gasteiger partial charge in [-0.15, -0.1) is 0 Å². The molecule has 1 heterocycles. The van der Waals surface area contributed by atoms with E-state index in [2.05, 4.69) is 0 Å². The van der Waals surface area contributed by atoms with E-state index in [1.165, 1.54) is 18.2 Å². The van der Waals surface area contributed by atoms with Crippen LogP contribution < -0.4 is 4.90 Å². The second-order valence-corrected chi connectivity index (χ2v) is 4.79. The van der Waals surface area contributed by atoms with E-state index in [0.29, 0.717) is 11.1 Å². The number of benzene rings is 2. The van der Waals surface area contributed by atoms with E-state index < -0.39 is 16.7 Å². The Morgan fingerprint density at radius 1 is 1.00 bits per heavy atom. The van der Waals surface area contributed by atoms with E-state index in [0.717, 1.165) is 4.90 Å². The lowest BCUT2D eigenvalue weighted by Gasteiger charge is -2.13. The molecule has 0 radical (unpaired) electrons. The monoisotopic (exact) mass is 302 g/mol. The van der Waals surface area contributed by atoms with Crippen molar-refractivity contribution in [1.29, 1.82) is 0 Å². The standard InChI is InChI=1S/C14H7ClN2O4/c15-11-7-8(5-6-12(11)17(20)21)16-13(18)9-3-1-2-4-10(9)14(16)19/h1-7H. The van der Waals surface area contributed by atoms with Crippen molar-refractivity contribution in [2.75, 3.05) is 4.90 Å². The van der Waals surface area contributed by atoms with Crippen LogP contribution in [-0.4, -0.2) is 16.7 Å². The Hall–Kier alpha value is -2.73. The molecule has 6 nitrogen and oxygen atoms in total. The zero-order valence-electron chi connectivity index (χ0n) is 10.4. The SMILES string of the molecule is O=C1c2ccccc2C(=O)N1c1ccc([N+](=O)[O-])c(Cl)c1. The highest BCUT2D eigenvalue weighted by Gasteiger charge is 2.36. The van der Waals surface area contributed by atoms with E-state index in [9.17, 15) is 19.7 Å². The summed E-state index contributed by atoms with van der Waals surface area (Å²) in [6.45, 7) is 0. The van der Waals surface area contributed by atoms with E-state index >= 15 is 0 Å². The number of anilines is 1. The van der Waals surface area contributed by atoms with Gasteiger partial charge in [0.05, 0.1) is 21.7 Å². The lowest BCUT2D eigenvalue weighted by molar-refractivity contribution is -0.384. The van der Waals surface area contributed by atoms with Gasteiger partial charge in [0.2, 0.25) is 0 Å². The Balaban J connectivity index is 2.07. The fraction of sp³-hybridized carbons (Fsp3) is 0. The summed E-state index contributed by atoms with van der Waals surface area (Å²) in [5.74, 6) is -0.943. The van der Waals surface area contributed by atoms with Crippen molar-refractivity contribution in [2.24, 2.45) is 0 Å². The fourth-order valence-corrected chi connectivity index (χ4v) is 2.45. The number of fused-ring (bicyclic) bond motifs is 1. The van der Waals surface area contributed by atoms with Crippen LogP contribution in [0.25, 0.3) is 0 Å². The van der Waals surface area contributed by atoms with Gasteiger partial charge in [-0.3, -0.25) is 19.7 Å². The van der Waals surface area contributed by atoms with Gasteiger partial charge in [-0.1, -0.05) is 23.7 Å². The van der Waals surface area contributed by atoms with Gasteiger partial charge in [0.15, 0.2) is 0 Å². The number of halogens is 1. The van der Waals surface area contributed by atoms with Crippen LogP contribution in [0.4, 0.5) is 11.4 Å². The average Bonchev–Trinajstić information content (AvgIpc) is 2.71. The normalized spacial score (nSPS) is 13.5. The topological polar surface area (TPSA) is 80.5 Å². The molecule has 2 amide bonds. The second-order valence-electron chi connectivity index (χ2n) is 4.38. The minimum atomic E-state index is -0.630. The summed E-state index contributed by atoms with van der Waals surface area (Å²) in [5.41, 5.74) is 0.530. The van der Waals surface area contributed by atoms with Crippen molar-refractivity contribution in [1.82, 2.24) is 0 Å². The zero-order chi connectivity index (χ0) is 15.1. The van der Waals surface area contributed by atoms with Crippen LogP contribution in [0.2, 0.25) is 5.02 Å². The molecule has 0 aliphatic carbocycles. The highest BCUT2D eigenvalue weighted by Crippen LogP contribution is 2.33. The van der Waals surface area contributed by atoms with Crippen molar-refractivity contribution >= 4 is 34.8 Å². The molecule has 0 fully saturated rings. The molecule has 104 valence electrons. The van der Waals surface area contributed by atoms with Crippen LogP contribution in [-0.2, 0) is 0 Å². The Morgan fingerprint density at radius 2 is 1.57 bits per heavy atom. The van der Waals surface area contributed by atoms with E-state index in [4.69, 9.17) is 11.6 Å². The molecule has 2 aromatic rings. The van der Waals surface area contributed by atoms with Crippen molar-refractivity contribution in [3.63, 3.8) is 0 Å². The lowest BCUT2D eigenvalue weighted by atomic mass is 10.1. The number of amides is 2. The van der Waals surface area contributed by atoms with Crippen LogP contribution in [0.5, 0.6) is 0 Å². The van der Waals surface area contributed by atoms with Gasteiger partial charge in [0.25, 0.3) is 17.5 Å². The van der Waals surface area contributed by atoms with Crippen molar-refractivity contribution in [3.8, 4) is 0 Å². The van der Waals surface area contributed by atoms with Crippen molar-refractivity contribution in [3.05, 3.63) is 68.7 Å². The molecule has 0 unspecified atom stereocenters. The number of nitro benzene ring substituents is 1. The molecule has 21 heavy (non-hydrogen) atoms. The molecule has 0 N–H and O–H groups in total. The molecule has 3 rings (SSSR count). The molecule has 0 atom stereocenters. The number of carbonyl (C=O) groups excluding carboxylic acids is 2. The molecule has 0 saturated carbocycles. The molecule has 0 bridgehead atoms. The molecule has 1 aliphatic heterocycles. The van der Waals surface area contributed by atoms with Crippen LogP contribution in [0.1, 0.15) is 20.7 Å². The smallest absolute Gasteiger partial charge is 0.268 e. The molecule has 2 aromatic carbocycles. The highest BCUT2D eigenvalue weighted by molar-refractivity contribution is 6.36. The first-order chi connectivity index (χ1) is 10.0. The fourth-order valence-electron chi connectivity index (χ4n) is 2.21. The number of nitro groups is 1. The van der Waals surface area contributed by atoms with Gasteiger partial charge < -0.3 is 0 Å². The molecule has 1 aliphatic rings. The highest BCUT2D eigenvalue weighted by atomic mass is 35.5. The summed E-state index contributed by atoms with van der Waals surface area (Å²) in [6, 6.07) is 10.2. The maximum atomic E-state index is 12.3. The first kappa shape index (κ1) is 13.3. The predicted octanol–water partition coefficient (Wildman–Crippen LogP) is 3.05. The third-order valence-corrected chi connectivity index (χ3v) is 3.48. The number of rotatable bonds is 2. The first-order valence-corrected chi connectivity index (χ1v) is 6.30. The largest absolute Gasteiger partial charge is 0.288 e. The number of hydrogen-bond acceptors (Lipinski definition) is 4. The van der Waals surface area contributed by atoms with Gasteiger partial charge in [0.1, 0.15) is 5.02 Å². The average molecular weight is 303 g/mol. The minimum absolute atomic E-state index is 0.131. The number of hydrogen-bond donors (Lipinski definition) is 0. The van der Waals surface area contributed by atoms with Crippen LogP contribution in [0.3, 0.4) is 0 Å². The van der Waals surface area contributed by atoms with E-state index in [1.807, 2.05) is 0 Å². The molecular weight excluding hydrogens is 296 g/mol. The third kappa shape index (κ3) is 1.96. The van der Waals surface area contributed by atoms with Crippen LogP contribution in [0, 0.1) is 10.1 Å². The summed E-state index contributed by atoms with van der Waals surface area (Å²) in [6.07, 6.45) is 0. The molecule has 0 saturated heterocycles. The van der Waals surface area contributed by atoms with Crippen LogP contribution >= 0.6 is 11.6 Å². The maximum Gasteiger partial charge on any atom is 0.288 e. The maximum absolute atomic E-state index is 12.3. The Kier molecular flexibility index (Phi) is 2.95. The molecule has 0 spiro atoms. The van der Waals surface area contributed by atoms with Gasteiger partial charge in [-0.05, 0) is 24.3 Å². The Morgan fingerprint density at radius 3 is 2.05 bits per heavy atom. The minimum Gasteiger partial charge on any atom is -0.268 e. The van der Waals surface area contributed by atoms with Gasteiger partial charge >= 0.3 is 0 Å². The van der Waals surface area contributed by atoms with Gasteiger partial charge in [-0.25, -0.2) is 4.90 Å². The quantitative estimate of drug-likeness (QED) is 0.485. The zero-order valence-corrected chi connectivity index (χ0v) is 11.2. The molecular formula is C14H7ClN2O4. The van der Waals surface area contributed by atoms with Gasteiger partial charge in [0, 0.05) is 6.07 Å². The van der Waals surface area contributed by atoms with Gasteiger partial charge in [-0.2, -0.15) is 0 Å². The Labute approximate surface area is 123 Å². The van der Waals surface area contributed by atoms with E-state index in [1.54, 1.807) is 24.3 Å². The summed E-state index contributed by atoms with van der Waals surface area (Å²) < 4.78 is 0. The lowest BCUT2D eigenvalue weighted by Crippen LogP contribution is -2.29. The number of imide groups is 1. The predicted molar refractivity (Wildman–Crippen MR) is 75.7 cm³/mol. The summed E-state index contributed by atoms with van der Waals surface area (Å²) >= 11 is 5.82. The summed E-state index contributed by atoms with van der Waals surface area (Å²) in [4.78, 5) is 35.6. The first-order valence-electron chi connectivity index (χ1n) is 5.92. The van der Waals surface area contributed by atoms with Crippen molar-refractivity contribution in [2.45, 2.75) is 0 Å². The summed E-state index contributed by atoms with van der Waals surface area (Å²) in [7, 11) is 0. The van der Waals surface area contributed by atoms with E-state index in [-0.39, 0.29) is 16.4 Å². The second kappa shape index (κ2) is 4.68. The number of nitrogens with zero attached hydrogens (tertiary/aromatic N) is 2. The third-order valence-electron chi connectivity index (χ3n) is 3.18.